The van der Waals surface area contributed by atoms with Crippen LogP contribution in [-0.2, 0) is 6.54 Å². The molecule has 0 unspecified atom stereocenters. The Kier molecular flexibility index (Phi) is 3.81. The minimum absolute atomic E-state index is 0.0126. The normalized spacial score (nSPS) is 11.8. The molecule has 1 aromatic carbocycles. The van der Waals surface area contributed by atoms with Crippen molar-refractivity contribution in [3.63, 3.8) is 0 Å². The van der Waals surface area contributed by atoms with Crippen LogP contribution in [-0.4, -0.2) is 35.6 Å². The van der Waals surface area contributed by atoms with E-state index in [0.29, 0.717) is 11.9 Å². The van der Waals surface area contributed by atoms with Crippen molar-refractivity contribution in [3.8, 4) is 0 Å². The van der Waals surface area contributed by atoms with Gasteiger partial charge in [0, 0.05) is 37.2 Å². The summed E-state index contributed by atoms with van der Waals surface area (Å²) < 4.78 is 1.42. The number of aliphatic hydroxyl groups is 1. The molecule has 0 fully saturated rings. The Morgan fingerprint density at radius 2 is 2.05 bits per heavy atom. The summed E-state index contributed by atoms with van der Waals surface area (Å²) in [6.07, 6.45) is 1.71. The van der Waals surface area contributed by atoms with Crippen LogP contribution in [0.5, 0.6) is 0 Å². The highest BCUT2D eigenvalue weighted by atomic mass is 16.3. The zero-order valence-corrected chi connectivity index (χ0v) is 12.4. The number of hydrogen-bond acceptors (Lipinski definition) is 4. The summed E-state index contributed by atoms with van der Waals surface area (Å²) in [5.41, 5.74) is 0.551. The zero-order chi connectivity index (χ0) is 14.9. The van der Waals surface area contributed by atoms with Crippen molar-refractivity contribution < 1.29 is 5.11 Å². The number of benzene rings is 1. The van der Waals surface area contributed by atoms with E-state index in [1.807, 2.05) is 51.0 Å². The Labute approximate surface area is 118 Å². The summed E-state index contributed by atoms with van der Waals surface area (Å²) in [5.74, 6) is 0. The van der Waals surface area contributed by atoms with E-state index in [0.717, 1.165) is 11.1 Å². The molecule has 0 aliphatic carbocycles. The Morgan fingerprint density at radius 1 is 1.35 bits per heavy atom. The van der Waals surface area contributed by atoms with Gasteiger partial charge in [-0.2, -0.15) is 5.10 Å². The van der Waals surface area contributed by atoms with Crippen LogP contribution in [0.3, 0.4) is 0 Å². The predicted molar refractivity (Wildman–Crippen MR) is 81.2 cm³/mol. The van der Waals surface area contributed by atoms with Crippen LogP contribution in [0.1, 0.15) is 13.8 Å². The number of aliphatic hydroxyl groups excluding tert-OH is 1. The summed E-state index contributed by atoms with van der Waals surface area (Å²) in [4.78, 5) is 14.4. The Bertz CT molecular complexity index is 674. The zero-order valence-electron chi connectivity index (χ0n) is 12.4. The average Bonchev–Trinajstić information content (AvgIpc) is 2.41. The fourth-order valence-corrected chi connectivity index (χ4v) is 2.02. The molecule has 2 rings (SSSR count). The molecule has 108 valence electrons. The van der Waals surface area contributed by atoms with E-state index < -0.39 is 0 Å². The van der Waals surface area contributed by atoms with Crippen molar-refractivity contribution in [2.45, 2.75) is 20.4 Å². The van der Waals surface area contributed by atoms with Crippen LogP contribution in [0.2, 0.25) is 0 Å². The molecule has 5 nitrogen and oxygen atoms in total. The van der Waals surface area contributed by atoms with E-state index in [-0.39, 0.29) is 17.6 Å². The largest absolute Gasteiger partial charge is 0.396 e. The van der Waals surface area contributed by atoms with Gasteiger partial charge < -0.3 is 10.0 Å². The van der Waals surface area contributed by atoms with Crippen LogP contribution in [0.25, 0.3) is 10.8 Å². The van der Waals surface area contributed by atoms with Crippen molar-refractivity contribution in [1.29, 1.82) is 0 Å². The molecule has 5 heteroatoms. The van der Waals surface area contributed by atoms with Gasteiger partial charge in [-0.25, -0.2) is 4.68 Å². The maximum absolute atomic E-state index is 12.4. The standard InChI is InChI=1S/C15H21N3O2/c1-15(2,10-19)9-18-14(20)13-6-5-12(17(3)4)7-11(13)8-16-18/h5-8,19H,9-10H2,1-4H3. The molecule has 1 aromatic heterocycles. The highest BCUT2D eigenvalue weighted by molar-refractivity contribution is 5.84. The van der Waals surface area contributed by atoms with Gasteiger partial charge in [-0.1, -0.05) is 13.8 Å². The maximum Gasteiger partial charge on any atom is 0.274 e. The third-order valence-corrected chi connectivity index (χ3v) is 3.36. The number of rotatable bonds is 4. The highest BCUT2D eigenvalue weighted by Crippen LogP contribution is 2.19. The van der Waals surface area contributed by atoms with Gasteiger partial charge in [0.1, 0.15) is 0 Å². The first-order valence-electron chi connectivity index (χ1n) is 6.62. The lowest BCUT2D eigenvalue weighted by atomic mass is 9.95. The summed E-state index contributed by atoms with van der Waals surface area (Å²) in [6.45, 7) is 4.22. The van der Waals surface area contributed by atoms with Crippen molar-refractivity contribution in [1.82, 2.24) is 9.78 Å². The minimum atomic E-state index is -0.367. The Hall–Kier alpha value is -1.88. The predicted octanol–water partition coefficient (Wildman–Crippen LogP) is 1.48. The molecule has 0 spiro atoms. The number of hydrogen-bond donors (Lipinski definition) is 1. The number of fused-ring (bicyclic) bond motifs is 1. The molecule has 0 amide bonds. The number of anilines is 1. The van der Waals surface area contributed by atoms with Crippen LogP contribution >= 0.6 is 0 Å². The van der Waals surface area contributed by atoms with Gasteiger partial charge in [0.2, 0.25) is 0 Å². The second kappa shape index (κ2) is 5.25. The van der Waals surface area contributed by atoms with Crippen molar-refractivity contribution in [2.75, 3.05) is 25.6 Å². The smallest absolute Gasteiger partial charge is 0.274 e. The lowest BCUT2D eigenvalue weighted by molar-refractivity contribution is 0.135. The average molecular weight is 275 g/mol. The van der Waals surface area contributed by atoms with E-state index in [9.17, 15) is 9.90 Å². The van der Waals surface area contributed by atoms with E-state index in [1.54, 1.807) is 6.20 Å². The third kappa shape index (κ3) is 2.82. The van der Waals surface area contributed by atoms with Gasteiger partial charge in [0.05, 0.1) is 18.1 Å². The topological polar surface area (TPSA) is 58.4 Å². The molecule has 0 saturated heterocycles. The molecule has 20 heavy (non-hydrogen) atoms. The maximum atomic E-state index is 12.4. The first kappa shape index (κ1) is 14.5. The van der Waals surface area contributed by atoms with E-state index in [2.05, 4.69) is 5.10 Å². The van der Waals surface area contributed by atoms with E-state index >= 15 is 0 Å². The third-order valence-electron chi connectivity index (χ3n) is 3.36. The quantitative estimate of drug-likeness (QED) is 0.918. The van der Waals surface area contributed by atoms with Crippen molar-refractivity contribution in [3.05, 3.63) is 34.7 Å². The summed E-state index contributed by atoms with van der Waals surface area (Å²) in [5, 5.41) is 15.0. The van der Waals surface area contributed by atoms with Crippen LogP contribution in [0, 0.1) is 5.41 Å². The summed E-state index contributed by atoms with van der Waals surface area (Å²) in [6, 6.07) is 5.70. The molecule has 0 aliphatic heterocycles. The lowest BCUT2D eigenvalue weighted by Gasteiger charge is -2.22. The first-order valence-corrected chi connectivity index (χ1v) is 6.62. The van der Waals surface area contributed by atoms with Gasteiger partial charge in [-0.15, -0.1) is 0 Å². The Morgan fingerprint density at radius 3 is 2.65 bits per heavy atom. The summed E-state index contributed by atoms with van der Waals surface area (Å²) in [7, 11) is 3.92. The van der Waals surface area contributed by atoms with Crippen LogP contribution in [0.4, 0.5) is 5.69 Å². The van der Waals surface area contributed by atoms with Gasteiger partial charge in [-0.3, -0.25) is 4.79 Å². The highest BCUT2D eigenvalue weighted by Gasteiger charge is 2.19. The first-order chi connectivity index (χ1) is 9.34. The summed E-state index contributed by atoms with van der Waals surface area (Å²) >= 11 is 0. The molecular formula is C15H21N3O2. The fourth-order valence-electron chi connectivity index (χ4n) is 2.02. The molecule has 1 heterocycles. The SMILES string of the molecule is CN(C)c1ccc2c(=O)n(CC(C)(C)CO)ncc2c1. The lowest BCUT2D eigenvalue weighted by Crippen LogP contribution is -2.32. The molecule has 2 aromatic rings. The van der Waals surface area contributed by atoms with E-state index in [4.69, 9.17) is 0 Å². The fraction of sp³-hybridized carbons (Fsp3) is 0.467. The second-order valence-corrected chi connectivity index (χ2v) is 6.10. The van der Waals surface area contributed by atoms with Gasteiger partial charge in [0.15, 0.2) is 0 Å². The molecular weight excluding hydrogens is 254 g/mol. The Balaban J connectivity index is 2.50. The number of aromatic nitrogens is 2. The molecule has 0 radical (unpaired) electrons. The van der Waals surface area contributed by atoms with Gasteiger partial charge >= 0.3 is 0 Å². The molecule has 1 N–H and O–H groups in total. The molecule has 0 aliphatic rings. The monoisotopic (exact) mass is 275 g/mol. The van der Waals surface area contributed by atoms with Gasteiger partial charge in [0.25, 0.3) is 5.56 Å². The number of nitrogens with zero attached hydrogens (tertiary/aromatic N) is 3. The van der Waals surface area contributed by atoms with Crippen molar-refractivity contribution in [2.24, 2.45) is 5.41 Å². The second-order valence-electron chi connectivity index (χ2n) is 6.10. The van der Waals surface area contributed by atoms with Crippen molar-refractivity contribution >= 4 is 16.5 Å². The minimum Gasteiger partial charge on any atom is -0.396 e. The van der Waals surface area contributed by atoms with Gasteiger partial charge in [-0.05, 0) is 18.2 Å². The molecule has 0 atom stereocenters. The van der Waals surface area contributed by atoms with E-state index in [1.165, 1.54) is 4.68 Å². The van der Waals surface area contributed by atoms with Crippen LogP contribution in [0.15, 0.2) is 29.2 Å². The molecule has 0 bridgehead atoms. The van der Waals surface area contributed by atoms with Crippen LogP contribution < -0.4 is 10.5 Å². The molecule has 0 saturated carbocycles.